The molecule has 0 aliphatic carbocycles. The highest BCUT2D eigenvalue weighted by Gasteiger charge is 2.02. The van der Waals surface area contributed by atoms with Crippen LogP contribution < -0.4 is 5.73 Å². The van der Waals surface area contributed by atoms with Crippen molar-refractivity contribution in [2.75, 3.05) is 13.2 Å². The van der Waals surface area contributed by atoms with Crippen LogP contribution in [0.3, 0.4) is 0 Å². The van der Waals surface area contributed by atoms with Gasteiger partial charge in [0.05, 0.1) is 25.9 Å². The highest BCUT2D eigenvalue weighted by atomic mass is 35.5. The smallest absolute Gasteiger partial charge is 0.0732 e. The average Bonchev–Trinajstić information content (AvgIpc) is 2.30. The zero-order valence-corrected chi connectivity index (χ0v) is 11.2. The van der Waals surface area contributed by atoms with Gasteiger partial charge in [0, 0.05) is 11.6 Å². The molecule has 2 N–H and O–H groups in total. The van der Waals surface area contributed by atoms with E-state index in [1.165, 1.54) is 0 Å². The van der Waals surface area contributed by atoms with Crippen molar-refractivity contribution in [3.8, 4) is 0 Å². The Morgan fingerprint density at radius 3 is 2.65 bits per heavy atom. The number of hydrogen-bond donors (Lipinski definition) is 1. The van der Waals surface area contributed by atoms with Crippen LogP contribution in [0, 0.1) is 0 Å². The van der Waals surface area contributed by atoms with Gasteiger partial charge >= 0.3 is 0 Å². The predicted octanol–water partition coefficient (Wildman–Crippen LogP) is 2.74. The lowest BCUT2D eigenvalue weighted by Gasteiger charge is -2.09. The summed E-state index contributed by atoms with van der Waals surface area (Å²) in [6.45, 7) is 6.20. The highest BCUT2D eigenvalue weighted by molar-refractivity contribution is 6.31. The van der Waals surface area contributed by atoms with Crippen LogP contribution in [0.1, 0.15) is 25.0 Å². The maximum Gasteiger partial charge on any atom is 0.0732 e. The third kappa shape index (κ3) is 5.50. The minimum absolute atomic E-state index is 0.242. The lowest BCUT2D eigenvalue weighted by Crippen LogP contribution is -2.09. The number of hydrogen-bond acceptors (Lipinski definition) is 3. The summed E-state index contributed by atoms with van der Waals surface area (Å²) in [5.41, 5.74) is 7.54. The summed E-state index contributed by atoms with van der Waals surface area (Å²) in [5, 5.41) is 0.706. The van der Waals surface area contributed by atoms with E-state index in [-0.39, 0.29) is 6.10 Å². The van der Waals surface area contributed by atoms with Crippen molar-refractivity contribution in [2.24, 2.45) is 5.73 Å². The Labute approximate surface area is 108 Å². The van der Waals surface area contributed by atoms with Gasteiger partial charge in [0.2, 0.25) is 0 Å². The summed E-state index contributed by atoms with van der Waals surface area (Å²) in [6.07, 6.45) is 0.242. The predicted molar refractivity (Wildman–Crippen MR) is 70.1 cm³/mol. The SMILES string of the molecule is CC(C)OCCOCc1ccc(CN)cc1Cl. The standard InChI is InChI=1S/C13H20ClNO2/c1-10(2)17-6-5-16-9-12-4-3-11(8-15)7-13(12)14/h3-4,7,10H,5-6,8-9,15H2,1-2H3. The van der Waals surface area contributed by atoms with Gasteiger partial charge in [-0.3, -0.25) is 0 Å². The van der Waals surface area contributed by atoms with Crippen molar-refractivity contribution in [2.45, 2.75) is 33.1 Å². The second-order valence-electron chi connectivity index (χ2n) is 4.10. The van der Waals surface area contributed by atoms with Crippen LogP contribution in [-0.4, -0.2) is 19.3 Å². The largest absolute Gasteiger partial charge is 0.376 e. The van der Waals surface area contributed by atoms with Gasteiger partial charge in [0.15, 0.2) is 0 Å². The van der Waals surface area contributed by atoms with Crippen LogP contribution in [0.15, 0.2) is 18.2 Å². The van der Waals surface area contributed by atoms with Gasteiger partial charge in [-0.2, -0.15) is 0 Å². The highest BCUT2D eigenvalue weighted by Crippen LogP contribution is 2.18. The van der Waals surface area contributed by atoms with Crippen molar-refractivity contribution >= 4 is 11.6 Å². The topological polar surface area (TPSA) is 44.5 Å². The monoisotopic (exact) mass is 257 g/mol. The molecule has 0 amide bonds. The van der Waals surface area contributed by atoms with Crippen molar-refractivity contribution in [3.05, 3.63) is 34.3 Å². The molecule has 4 heteroatoms. The molecule has 0 aliphatic rings. The van der Waals surface area contributed by atoms with Crippen LogP contribution in [0.2, 0.25) is 5.02 Å². The van der Waals surface area contributed by atoms with E-state index >= 15 is 0 Å². The van der Waals surface area contributed by atoms with Gasteiger partial charge in [-0.1, -0.05) is 23.7 Å². The van der Waals surface area contributed by atoms with Gasteiger partial charge in [-0.15, -0.1) is 0 Å². The molecule has 17 heavy (non-hydrogen) atoms. The maximum atomic E-state index is 6.10. The number of halogens is 1. The van der Waals surface area contributed by atoms with Gasteiger partial charge < -0.3 is 15.2 Å². The van der Waals surface area contributed by atoms with E-state index in [9.17, 15) is 0 Å². The van der Waals surface area contributed by atoms with Gasteiger partial charge in [-0.25, -0.2) is 0 Å². The third-order valence-corrected chi connectivity index (χ3v) is 2.64. The number of nitrogens with two attached hydrogens (primary N) is 1. The van der Waals surface area contributed by atoms with Crippen LogP contribution in [0.25, 0.3) is 0 Å². The van der Waals surface area contributed by atoms with Crippen LogP contribution in [-0.2, 0) is 22.6 Å². The minimum atomic E-state index is 0.242. The van der Waals surface area contributed by atoms with E-state index in [0.717, 1.165) is 11.1 Å². The van der Waals surface area contributed by atoms with Crippen molar-refractivity contribution < 1.29 is 9.47 Å². The number of benzene rings is 1. The van der Waals surface area contributed by atoms with Crippen molar-refractivity contribution in [1.29, 1.82) is 0 Å². The fourth-order valence-electron chi connectivity index (χ4n) is 1.36. The molecule has 0 aromatic heterocycles. The molecule has 0 fully saturated rings. The Balaban J connectivity index is 2.32. The molecule has 1 aromatic carbocycles. The Kier molecular flexibility index (Phi) is 6.52. The molecular formula is C13H20ClNO2. The fourth-order valence-corrected chi connectivity index (χ4v) is 1.62. The zero-order chi connectivity index (χ0) is 12.7. The average molecular weight is 258 g/mol. The molecule has 0 aliphatic heterocycles. The first-order valence-electron chi connectivity index (χ1n) is 5.80. The second-order valence-corrected chi connectivity index (χ2v) is 4.51. The van der Waals surface area contributed by atoms with Gasteiger partial charge in [0.1, 0.15) is 0 Å². The third-order valence-electron chi connectivity index (χ3n) is 2.29. The molecule has 0 radical (unpaired) electrons. The van der Waals surface area contributed by atoms with Crippen LogP contribution >= 0.6 is 11.6 Å². The molecule has 3 nitrogen and oxygen atoms in total. The molecule has 0 saturated heterocycles. The molecular weight excluding hydrogens is 238 g/mol. The lowest BCUT2D eigenvalue weighted by atomic mass is 10.1. The summed E-state index contributed by atoms with van der Waals surface area (Å²) in [5.74, 6) is 0. The van der Waals surface area contributed by atoms with E-state index < -0.39 is 0 Å². The van der Waals surface area contributed by atoms with Gasteiger partial charge in [0.25, 0.3) is 0 Å². The number of rotatable bonds is 7. The molecule has 0 spiro atoms. The first-order valence-corrected chi connectivity index (χ1v) is 6.18. The minimum Gasteiger partial charge on any atom is -0.376 e. The molecule has 1 aromatic rings. The molecule has 96 valence electrons. The summed E-state index contributed by atoms with van der Waals surface area (Å²) in [4.78, 5) is 0. The summed E-state index contributed by atoms with van der Waals surface area (Å²) in [6, 6.07) is 5.80. The summed E-state index contributed by atoms with van der Waals surface area (Å²) in [7, 11) is 0. The number of ether oxygens (including phenoxy) is 2. The molecule has 0 heterocycles. The lowest BCUT2D eigenvalue weighted by molar-refractivity contribution is 0.0143. The van der Waals surface area contributed by atoms with E-state index in [4.69, 9.17) is 26.8 Å². The van der Waals surface area contributed by atoms with Crippen molar-refractivity contribution in [3.63, 3.8) is 0 Å². The van der Waals surface area contributed by atoms with E-state index in [1.807, 2.05) is 32.0 Å². The molecule has 0 unspecified atom stereocenters. The quantitative estimate of drug-likeness (QED) is 0.764. The first kappa shape index (κ1) is 14.5. The normalized spacial score (nSPS) is 11.1. The van der Waals surface area contributed by atoms with Crippen LogP contribution in [0.4, 0.5) is 0 Å². The van der Waals surface area contributed by atoms with Crippen molar-refractivity contribution in [1.82, 2.24) is 0 Å². The molecule has 0 saturated carbocycles. The summed E-state index contributed by atoms with van der Waals surface area (Å²) >= 11 is 6.10. The Morgan fingerprint density at radius 1 is 1.29 bits per heavy atom. The summed E-state index contributed by atoms with van der Waals surface area (Å²) < 4.78 is 10.9. The first-order chi connectivity index (χ1) is 8.13. The zero-order valence-electron chi connectivity index (χ0n) is 10.4. The van der Waals surface area contributed by atoms with Gasteiger partial charge in [-0.05, 0) is 31.0 Å². The Morgan fingerprint density at radius 2 is 2.06 bits per heavy atom. The molecule has 1 rings (SSSR count). The van der Waals surface area contributed by atoms with E-state index in [1.54, 1.807) is 0 Å². The van der Waals surface area contributed by atoms with E-state index in [0.29, 0.717) is 31.4 Å². The van der Waals surface area contributed by atoms with Crippen LogP contribution in [0.5, 0.6) is 0 Å². The molecule has 0 bridgehead atoms. The Bertz CT molecular complexity index is 342. The second kappa shape index (κ2) is 7.67. The van der Waals surface area contributed by atoms with E-state index in [2.05, 4.69) is 0 Å². The fraction of sp³-hybridized carbons (Fsp3) is 0.538. The molecule has 0 atom stereocenters. The Hall–Kier alpha value is -0.610. The maximum absolute atomic E-state index is 6.10.